The standard InChI is InChI=1S/C21H33BN2O3/c1-16(25)21(23,10-4-5-11-22(26)27)19-8-12-24(13-9-19)20-14-17-6-2-3-7-18(17)15-20/h2-3,6-7,19-20,26-27H,4-5,8-15,23H2,1H3/t21-/m0/s1. The maximum Gasteiger partial charge on any atom is 0.451 e. The fraction of sp³-hybridized carbons (Fsp3) is 0.667. The fourth-order valence-electron chi connectivity index (χ4n) is 4.99. The molecule has 0 radical (unpaired) electrons. The summed E-state index contributed by atoms with van der Waals surface area (Å²) in [7, 11) is -1.27. The second-order valence-electron chi connectivity index (χ2n) is 8.46. The molecule has 1 aliphatic carbocycles. The van der Waals surface area contributed by atoms with Crippen molar-refractivity contribution in [3.8, 4) is 0 Å². The average Bonchev–Trinajstić information content (AvgIpc) is 3.09. The smallest absolute Gasteiger partial charge is 0.427 e. The van der Waals surface area contributed by atoms with Gasteiger partial charge in [0, 0.05) is 6.04 Å². The Balaban J connectivity index is 1.53. The number of rotatable bonds is 8. The monoisotopic (exact) mass is 372 g/mol. The highest BCUT2D eigenvalue weighted by molar-refractivity contribution is 6.40. The van der Waals surface area contributed by atoms with E-state index in [1.807, 2.05) is 0 Å². The summed E-state index contributed by atoms with van der Waals surface area (Å²) in [5, 5.41) is 18.0. The first-order valence-electron chi connectivity index (χ1n) is 10.4. The van der Waals surface area contributed by atoms with E-state index in [0.717, 1.165) is 45.2 Å². The lowest BCUT2D eigenvalue weighted by molar-refractivity contribution is -0.125. The van der Waals surface area contributed by atoms with Gasteiger partial charge in [-0.2, -0.15) is 0 Å². The topological polar surface area (TPSA) is 86.8 Å². The van der Waals surface area contributed by atoms with Crippen LogP contribution in [0, 0.1) is 5.92 Å². The molecule has 6 heteroatoms. The van der Waals surface area contributed by atoms with Crippen LogP contribution in [0.2, 0.25) is 6.32 Å². The molecule has 0 unspecified atom stereocenters. The van der Waals surface area contributed by atoms with Crippen LogP contribution >= 0.6 is 0 Å². The molecule has 1 aromatic rings. The van der Waals surface area contributed by atoms with Crippen LogP contribution in [0.5, 0.6) is 0 Å². The lowest BCUT2D eigenvalue weighted by Crippen LogP contribution is -2.57. The highest BCUT2D eigenvalue weighted by atomic mass is 16.4. The summed E-state index contributed by atoms with van der Waals surface area (Å²) in [6, 6.07) is 9.31. The van der Waals surface area contributed by atoms with Crippen molar-refractivity contribution < 1.29 is 14.8 Å². The molecule has 1 fully saturated rings. The molecule has 0 spiro atoms. The predicted octanol–water partition coefficient (Wildman–Crippen LogP) is 1.80. The number of fused-ring (bicyclic) bond motifs is 1. The SMILES string of the molecule is CC(=O)[C@@](N)(CCCCB(O)O)C1CCN(C2Cc3ccccc3C2)CC1. The van der Waals surface area contributed by atoms with E-state index >= 15 is 0 Å². The molecule has 4 N–H and O–H groups in total. The van der Waals surface area contributed by atoms with Gasteiger partial charge in [0.25, 0.3) is 0 Å². The van der Waals surface area contributed by atoms with Crippen molar-refractivity contribution in [2.75, 3.05) is 13.1 Å². The van der Waals surface area contributed by atoms with E-state index in [4.69, 9.17) is 15.8 Å². The lowest BCUT2D eigenvalue weighted by atomic mass is 9.72. The van der Waals surface area contributed by atoms with Gasteiger partial charge in [0.15, 0.2) is 0 Å². The number of nitrogens with zero attached hydrogens (tertiary/aromatic N) is 1. The number of likely N-dealkylation sites (tertiary alicyclic amines) is 1. The minimum absolute atomic E-state index is 0.0683. The van der Waals surface area contributed by atoms with Crippen LogP contribution in [0.3, 0.4) is 0 Å². The van der Waals surface area contributed by atoms with Crippen molar-refractivity contribution in [1.29, 1.82) is 0 Å². The molecule has 148 valence electrons. The van der Waals surface area contributed by atoms with Gasteiger partial charge in [-0.05, 0) is 75.5 Å². The Hall–Kier alpha value is -1.21. The Labute approximate surface area is 163 Å². The zero-order valence-electron chi connectivity index (χ0n) is 16.4. The third-order valence-corrected chi connectivity index (χ3v) is 6.76. The first kappa shape index (κ1) is 20.5. The number of piperidine rings is 1. The second-order valence-corrected chi connectivity index (χ2v) is 8.46. The summed E-state index contributed by atoms with van der Waals surface area (Å²) in [5.74, 6) is 0.285. The van der Waals surface area contributed by atoms with Crippen molar-refractivity contribution in [2.45, 2.75) is 69.8 Å². The predicted molar refractivity (Wildman–Crippen MR) is 108 cm³/mol. The van der Waals surface area contributed by atoms with Gasteiger partial charge in [-0.25, -0.2) is 0 Å². The van der Waals surface area contributed by atoms with E-state index in [1.54, 1.807) is 6.92 Å². The second kappa shape index (κ2) is 8.86. The zero-order valence-corrected chi connectivity index (χ0v) is 16.4. The molecule has 0 bridgehead atoms. The molecular formula is C21H33BN2O3. The van der Waals surface area contributed by atoms with Crippen molar-refractivity contribution >= 4 is 12.9 Å². The van der Waals surface area contributed by atoms with Crippen LogP contribution in [-0.2, 0) is 17.6 Å². The Morgan fingerprint density at radius 2 is 1.78 bits per heavy atom. The maximum atomic E-state index is 12.3. The highest BCUT2D eigenvalue weighted by Gasteiger charge is 2.41. The molecule has 27 heavy (non-hydrogen) atoms. The van der Waals surface area contributed by atoms with Crippen LogP contribution in [0.4, 0.5) is 0 Å². The van der Waals surface area contributed by atoms with Crippen LogP contribution in [0.25, 0.3) is 0 Å². The Morgan fingerprint density at radius 1 is 1.19 bits per heavy atom. The summed E-state index contributed by atoms with van der Waals surface area (Å²) in [6.45, 7) is 3.62. The number of carbonyl (C=O) groups excluding carboxylic acids is 1. The van der Waals surface area contributed by atoms with E-state index in [0.29, 0.717) is 25.2 Å². The number of carbonyl (C=O) groups is 1. The van der Waals surface area contributed by atoms with Gasteiger partial charge in [0.2, 0.25) is 0 Å². The van der Waals surface area contributed by atoms with Crippen LogP contribution in [0.1, 0.15) is 50.2 Å². The first-order chi connectivity index (χ1) is 12.9. The molecule has 0 amide bonds. The molecule has 1 saturated heterocycles. The number of benzene rings is 1. The van der Waals surface area contributed by atoms with Crippen LogP contribution in [0.15, 0.2) is 24.3 Å². The first-order valence-corrected chi connectivity index (χ1v) is 10.4. The molecule has 2 aliphatic rings. The van der Waals surface area contributed by atoms with Crippen molar-refractivity contribution in [3.63, 3.8) is 0 Å². The highest BCUT2D eigenvalue weighted by Crippen LogP contribution is 2.34. The fourth-order valence-corrected chi connectivity index (χ4v) is 4.99. The summed E-state index contributed by atoms with van der Waals surface area (Å²) < 4.78 is 0. The van der Waals surface area contributed by atoms with E-state index in [9.17, 15) is 4.79 Å². The minimum Gasteiger partial charge on any atom is -0.427 e. The quantitative estimate of drug-likeness (QED) is 0.479. The molecule has 0 saturated carbocycles. The summed E-state index contributed by atoms with van der Waals surface area (Å²) >= 11 is 0. The van der Waals surface area contributed by atoms with E-state index in [-0.39, 0.29) is 11.7 Å². The van der Waals surface area contributed by atoms with Gasteiger partial charge < -0.3 is 15.8 Å². The van der Waals surface area contributed by atoms with Gasteiger partial charge in [-0.3, -0.25) is 9.69 Å². The number of hydrogen-bond acceptors (Lipinski definition) is 5. The van der Waals surface area contributed by atoms with Gasteiger partial charge >= 0.3 is 7.12 Å². The van der Waals surface area contributed by atoms with Crippen LogP contribution < -0.4 is 5.73 Å². The van der Waals surface area contributed by atoms with Crippen molar-refractivity contribution in [3.05, 3.63) is 35.4 Å². The number of nitrogens with two attached hydrogens (primary N) is 1. The van der Waals surface area contributed by atoms with Crippen molar-refractivity contribution in [2.24, 2.45) is 11.7 Å². The third-order valence-electron chi connectivity index (χ3n) is 6.76. The van der Waals surface area contributed by atoms with Gasteiger partial charge in [0.05, 0.1) is 5.54 Å². The van der Waals surface area contributed by atoms with E-state index in [1.165, 1.54) is 11.1 Å². The molecule has 1 atom stereocenters. The number of hydrogen-bond donors (Lipinski definition) is 3. The molecule has 3 rings (SSSR count). The average molecular weight is 372 g/mol. The Kier molecular flexibility index (Phi) is 6.74. The third kappa shape index (κ3) is 4.80. The van der Waals surface area contributed by atoms with Gasteiger partial charge in [0.1, 0.15) is 5.78 Å². The zero-order chi connectivity index (χ0) is 19.4. The molecule has 0 aromatic heterocycles. The normalized spacial score (nSPS) is 21.0. The Bertz CT molecular complexity index is 621. The number of unbranched alkanes of at least 4 members (excludes halogenated alkanes) is 1. The van der Waals surface area contributed by atoms with E-state index < -0.39 is 12.7 Å². The minimum atomic E-state index is -1.27. The summed E-state index contributed by atoms with van der Waals surface area (Å²) in [5.41, 5.74) is 8.79. The van der Waals surface area contributed by atoms with Crippen molar-refractivity contribution in [1.82, 2.24) is 4.90 Å². The number of Topliss-reactive ketones (excluding diaryl/α,β-unsaturated/α-hetero) is 1. The molecule has 5 nitrogen and oxygen atoms in total. The molecule has 1 aromatic carbocycles. The molecule has 1 heterocycles. The summed E-state index contributed by atoms with van der Waals surface area (Å²) in [4.78, 5) is 14.9. The number of ketones is 1. The van der Waals surface area contributed by atoms with Gasteiger partial charge in [-0.1, -0.05) is 37.1 Å². The lowest BCUT2D eigenvalue weighted by Gasteiger charge is -2.43. The van der Waals surface area contributed by atoms with E-state index in [2.05, 4.69) is 29.2 Å². The molecule has 1 aliphatic heterocycles. The Morgan fingerprint density at radius 3 is 2.30 bits per heavy atom. The van der Waals surface area contributed by atoms with Gasteiger partial charge in [-0.15, -0.1) is 0 Å². The largest absolute Gasteiger partial charge is 0.451 e. The summed E-state index contributed by atoms with van der Waals surface area (Å²) in [6.07, 6.45) is 6.60. The van der Waals surface area contributed by atoms with Crippen LogP contribution in [-0.4, -0.2) is 52.5 Å². The maximum absolute atomic E-state index is 12.3. The molecular weight excluding hydrogens is 339 g/mol.